The third-order valence-electron chi connectivity index (χ3n) is 5.96. The second-order valence-corrected chi connectivity index (χ2v) is 8.09. The minimum atomic E-state index is 0.0262. The molecule has 1 aromatic rings. The van der Waals surface area contributed by atoms with E-state index >= 15 is 0 Å². The maximum absolute atomic E-state index is 12.8. The van der Waals surface area contributed by atoms with Crippen molar-refractivity contribution in [3.8, 4) is 0 Å². The lowest BCUT2D eigenvalue weighted by Gasteiger charge is -2.37. The van der Waals surface area contributed by atoms with Gasteiger partial charge in [0.05, 0.1) is 0 Å². The molecule has 5 nitrogen and oxygen atoms in total. The van der Waals surface area contributed by atoms with Crippen LogP contribution in [-0.4, -0.2) is 54.3 Å². The number of nitrogens with one attached hydrogen (secondary N) is 1. The number of amides is 2. The zero-order valence-corrected chi connectivity index (χ0v) is 16.9. The van der Waals surface area contributed by atoms with E-state index in [1.165, 1.54) is 0 Å². The summed E-state index contributed by atoms with van der Waals surface area (Å²) in [6.07, 6.45) is 3.26. The van der Waals surface area contributed by atoms with Crippen LogP contribution in [0.4, 0.5) is 0 Å². The number of rotatable bonds is 5. The SMILES string of the molecule is CCN1CCN(C(=O)C2CCC(C(=O)NCc3ccc(Cl)cc3)CC2)CC1. The van der Waals surface area contributed by atoms with Crippen LogP contribution >= 0.6 is 11.6 Å². The number of benzene rings is 1. The summed E-state index contributed by atoms with van der Waals surface area (Å²) >= 11 is 5.89. The van der Waals surface area contributed by atoms with Crippen molar-refractivity contribution in [2.24, 2.45) is 11.8 Å². The van der Waals surface area contributed by atoms with E-state index in [2.05, 4.69) is 17.1 Å². The van der Waals surface area contributed by atoms with Gasteiger partial charge in [-0.3, -0.25) is 9.59 Å². The van der Waals surface area contributed by atoms with Crippen molar-refractivity contribution in [3.05, 3.63) is 34.9 Å². The second-order valence-electron chi connectivity index (χ2n) is 7.65. The van der Waals surface area contributed by atoms with Gasteiger partial charge < -0.3 is 15.1 Å². The molecule has 2 amide bonds. The maximum Gasteiger partial charge on any atom is 0.225 e. The van der Waals surface area contributed by atoms with Gasteiger partial charge in [0, 0.05) is 49.6 Å². The van der Waals surface area contributed by atoms with Gasteiger partial charge in [0.25, 0.3) is 0 Å². The zero-order valence-electron chi connectivity index (χ0n) is 16.1. The molecule has 2 aliphatic rings. The summed E-state index contributed by atoms with van der Waals surface area (Å²) in [6.45, 7) is 7.38. The molecule has 1 heterocycles. The first kappa shape index (κ1) is 20.2. The molecule has 148 valence electrons. The summed E-state index contributed by atoms with van der Waals surface area (Å²) in [5, 5.41) is 3.72. The van der Waals surface area contributed by atoms with Gasteiger partial charge in [-0.1, -0.05) is 30.7 Å². The van der Waals surface area contributed by atoms with Crippen molar-refractivity contribution in [3.63, 3.8) is 0 Å². The van der Waals surface area contributed by atoms with Crippen LogP contribution in [0.3, 0.4) is 0 Å². The highest BCUT2D eigenvalue weighted by Crippen LogP contribution is 2.30. The molecular formula is C21H30ClN3O2. The minimum Gasteiger partial charge on any atom is -0.352 e. The quantitative estimate of drug-likeness (QED) is 0.839. The molecule has 6 heteroatoms. The van der Waals surface area contributed by atoms with Crippen molar-refractivity contribution < 1.29 is 9.59 Å². The van der Waals surface area contributed by atoms with Crippen LogP contribution in [0, 0.1) is 11.8 Å². The van der Waals surface area contributed by atoms with Gasteiger partial charge >= 0.3 is 0 Å². The molecule has 27 heavy (non-hydrogen) atoms. The van der Waals surface area contributed by atoms with Gasteiger partial charge in [0.2, 0.25) is 11.8 Å². The van der Waals surface area contributed by atoms with E-state index < -0.39 is 0 Å². The number of likely N-dealkylation sites (N-methyl/N-ethyl adjacent to an activating group) is 1. The number of hydrogen-bond donors (Lipinski definition) is 1. The highest BCUT2D eigenvalue weighted by Gasteiger charge is 2.33. The van der Waals surface area contributed by atoms with Crippen molar-refractivity contribution >= 4 is 23.4 Å². The Morgan fingerprint density at radius 3 is 2.19 bits per heavy atom. The fraction of sp³-hybridized carbons (Fsp3) is 0.619. The van der Waals surface area contributed by atoms with Crippen LogP contribution in [0.1, 0.15) is 38.2 Å². The number of carbonyl (C=O) groups excluding carboxylic acids is 2. The van der Waals surface area contributed by atoms with Crippen molar-refractivity contribution in [2.45, 2.75) is 39.2 Å². The molecule has 1 aromatic carbocycles. The maximum atomic E-state index is 12.8. The number of nitrogens with zero attached hydrogens (tertiary/aromatic N) is 2. The molecule has 0 aromatic heterocycles. The second kappa shape index (κ2) is 9.56. The van der Waals surface area contributed by atoms with Gasteiger partial charge in [0.15, 0.2) is 0 Å². The van der Waals surface area contributed by atoms with E-state index in [0.29, 0.717) is 17.5 Å². The number of halogens is 1. The molecule has 2 fully saturated rings. The smallest absolute Gasteiger partial charge is 0.225 e. The molecule has 3 rings (SSSR count). The normalized spacial score (nSPS) is 23.9. The lowest BCUT2D eigenvalue weighted by atomic mass is 9.80. The van der Waals surface area contributed by atoms with Crippen LogP contribution in [0.5, 0.6) is 0 Å². The lowest BCUT2D eigenvalue weighted by Crippen LogP contribution is -2.50. The zero-order chi connectivity index (χ0) is 19.2. The van der Waals surface area contributed by atoms with E-state index in [0.717, 1.165) is 64.0 Å². The van der Waals surface area contributed by atoms with Crippen molar-refractivity contribution in [2.75, 3.05) is 32.7 Å². The Morgan fingerprint density at radius 1 is 1.00 bits per heavy atom. The third kappa shape index (κ3) is 5.45. The largest absolute Gasteiger partial charge is 0.352 e. The average Bonchev–Trinajstić information content (AvgIpc) is 2.73. The summed E-state index contributed by atoms with van der Waals surface area (Å²) in [5.74, 6) is 0.523. The number of carbonyl (C=O) groups is 2. The molecule has 0 spiro atoms. The van der Waals surface area contributed by atoms with Gasteiger partial charge in [0.1, 0.15) is 0 Å². The summed E-state index contributed by atoms with van der Waals surface area (Å²) < 4.78 is 0. The van der Waals surface area contributed by atoms with Gasteiger partial charge in [-0.15, -0.1) is 0 Å². The van der Waals surface area contributed by atoms with Crippen LogP contribution in [0.25, 0.3) is 0 Å². The summed E-state index contributed by atoms with van der Waals surface area (Å²) in [6, 6.07) is 7.52. The Bertz CT molecular complexity index is 633. The standard InChI is InChI=1S/C21H30ClN3O2/c1-2-24-11-13-25(14-12-24)21(27)18-7-5-17(6-8-18)20(26)23-15-16-3-9-19(22)10-4-16/h3-4,9-10,17-18H,2,5-8,11-15H2,1H3,(H,23,26). The molecule has 0 atom stereocenters. The van der Waals surface area contributed by atoms with E-state index in [9.17, 15) is 9.59 Å². The summed E-state index contributed by atoms with van der Waals surface area (Å²) in [7, 11) is 0. The van der Waals surface area contributed by atoms with E-state index in [-0.39, 0.29) is 17.7 Å². The average molecular weight is 392 g/mol. The van der Waals surface area contributed by atoms with Crippen molar-refractivity contribution in [1.29, 1.82) is 0 Å². The molecule has 1 N–H and O–H groups in total. The lowest BCUT2D eigenvalue weighted by molar-refractivity contribution is -0.140. The van der Waals surface area contributed by atoms with Crippen LogP contribution in [-0.2, 0) is 16.1 Å². The van der Waals surface area contributed by atoms with Crippen molar-refractivity contribution in [1.82, 2.24) is 15.1 Å². The molecule has 0 unspecified atom stereocenters. The van der Waals surface area contributed by atoms with Crippen LogP contribution in [0.15, 0.2) is 24.3 Å². The molecule has 1 saturated heterocycles. The van der Waals surface area contributed by atoms with Crippen LogP contribution in [0.2, 0.25) is 5.02 Å². The molecule has 1 saturated carbocycles. The molecule has 1 aliphatic heterocycles. The number of piperazine rings is 1. The van der Waals surface area contributed by atoms with Gasteiger partial charge in [-0.2, -0.15) is 0 Å². The molecule has 0 bridgehead atoms. The molecule has 0 radical (unpaired) electrons. The first-order chi connectivity index (χ1) is 13.1. The monoisotopic (exact) mass is 391 g/mol. The van der Waals surface area contributed by atoms with Gasteiger partial charge in [-0.05, 0) is 49.9 Å². The molecular weight excluding hydrogens is 362 g/mol. The fourth-order valence-electron chi connectivity index (χ4n) is 4.08. The number of hydrogen-bond acceptors (Lipinski definition) is 3. The Balaban J connectivity index is 1.41. The predicted octanol–water partition coefficient (Wildman–Crippen LogP) is 2.93. The predicted molar refractivity (Wildman–Crippen MR) is 107 cm³/mol. The summed E-state index contributed by atoms with van der Waals surface area (Å²) in [5.41, 5.74) is 1.04. The molecule has 1 aliphatic carbocycles. The first-order valence-electron chi connectivity index (χ1n) is 10.1. The Labute approximate surface area is 167 Å². The van der Waals surface area contributed by atoms with E-state index in [1.54, 1.807) is 0 Å². The van der Waals surface area contributed by atoms with Gasteiger partial charge in [-0.25, -0.2) is 0 Å². The first-order valence-corrected chi connectivity index (χ1v) is 10.5. The fourth-order valence-corrected chi connectivity index (χ4v) is 4.21. The Kier molecular flexibility index (Phi) is 7.13. The Morgan fingerprint density at radius 2 is 1.59 bits per heavy atom. The van der Waals surface area contributed by atoms with E-state index in [1.807, 2.05) is 29.2 Å². The third-order valence-corrected chi connectivity index (χ3v) is 6.21. The topological polar surface area (TPSA) is 52.7 Å². The highest BCUT2D eigenvalue weighted by atomic mass is 35.5. The van der Waals surface area contributed by atoms with Crippen LogP contribution < -0.4 is 5.32 Å². The highest BCUT2D eigenvalue weighted by molar-refractivity contribution is 6.30. The summed E-state index contributed by atoms with van der Waals surface area (Å²) in [4.78, 5) is 29.6. The minimum absolute atomic E-state index is 0.0262. The van der Waals surface area contributed by atoms with E-state index in [4.69, 9.17) is 11.6 Å². The Hall–Kier alpha value is -1.59.